The molecule has 0 radical (unpaired) electrons. The molecule has 0 saturated heterocycles. The van der Waals surface area contributed by atoms with Crippen molar-refractivity contribution in [3.8, 4) is 0 Å². The minimum atomic E-state index is -1.23. The number of ether oxygens (including phenoxy) is 2. The fraction of sp³-hybridized carbons (Fsp3) is 0.455. The van der Waals surface area contributed by atoms with Crippen molar-refractivity contribution in [3.63, 3.8) is 0 Å². The van der Waals surface area contributed by atoms with Crippen molar-refractivity contribution < 1.29 is 22.6 Å². The fourth-order valence-corrected chi connectivity index (χ4v) is 1.45. The Kier molecular flexibility index (Phi) is 4.77. The first-order chi connectivity index (χ1) is 7.99. The highest BCUT2D eigenvalue weighted by Gasteiger charge is 2.18. The zero-order chi connectivity index (χ0) is 13.0. The quantitative estimate of drug-likeness (QED) is 0.642. The van der Waals surface area contributed by atoms with Gasteiger partial charge in [0.25, 0.3) is 0 Å². The molecule has 0 aliphatic carbocycles. The molecule has 0 aliphatic rings. The molecule has 0 amide bonds. The van der Waals surface area contributed by atoms with E-state index in [2.05, 4.69) is 5.32 Å². The highest BCUT2D eigenvalue weighted by Crippen LogP contribution is 2.20. The zero-order valence-corrected chi connectivity index (χ0v) is 9.76. The van der Waals surface area contributed by atoms with Crippen LogP contribution in [0, 0.1) is 17.5 Å². The molecule has 0 fully saturated rings. The molecule has 0 saturated carbocycles. The lowest BCUT2D eigenvalue weighted by Crippen LogP contribution is -2.34. The van der Waals surface area contributed by atoms with Crippen LogP contribution in [0.1, 0.15) is 6.92 Å². The maximum atomic E-state index is 13.3. The second-order valence-corrected chi connectivity index (χ2v) is 3.52. The summed E-state index contributed by atoms with van der Waals surface area (Å²) in [6.45, 7) is 1.67. The molecule has 0 spiro atoms. The van der Waals surface area contributed by atoms with Gasteiger partial charge in [-0.2, -0.15) is 0 Å². The molecule has 0 heterocycles. The maximum absolute atomic E-state index is 13.3. The summed E-state index contributed by atoms with van der Waals surface area (Å²) in [6, 6.07) is 0.812. The average molecular weight is 249 g/mol. The van der Waals surface area contributed by atoms with Crippen LogP contribution >= 0.6 is 0 Å². The van der Waals surface area contributed by atoms with Gasteiger partial charge in [0.1, 0.15) is 5.82 Å². The second-order valence-electron chi connectivity index (χ2n) is 3.52. The Balaban J connectivity index is 2.84. The predicted molar refractivity (Wildman–Crippen MR) is 57.2 cm³/mol. The third-order valence-corrected chi connectivity index (χ3v) is 2.27. The summed E-state index contributed by atoms with van der Waals surface area (Å²) in [4.78, 5) is 0. The van der Waals surface area contributed by atoms with Crippen LogP contribution in [0.3, 0.4) is 0 Å². The third kappa shape index (κ3) is 3.34. The Morgan fingerprint density at radius 1 is 1.00 bits per heavy atom. The lowest BCUT2D eigenvalue weighted by molar-refractivity contribution is -0.109. The normalized spacial score (nSPS) is 12.9. The van der Waals surface area contributed by atoms with Crippen LogP contribution in [0.2, 0.25) is 0 Å². The van der Waals surface area contributed by atoms with E-state index < -0.39 is 29.8 Å². The van der Waals surface area contributed by atoms with Gasteiger partial charge in [-0.05, 0) is 6.92 Å². The van der Waals surface area contributed by atoms with Gasteiger partial charge in [0.05, 0.1) is 11.7 Å². The third-order valence-electron chi connectivity index (χ3n) is 2.27. The summed E-state index contributed by atoms with van der Waals surface area (Å²) in [6.07, 6.45) is -0.623. The highest BCUT2D eigenvalue weighted by atomic mass is 19.2. The maximum Gasteiger partial charge on any atom is 0.176 e. The predicted octanol–water partition coefficient (Wildman–Crippen LogP) is 2.52. The first-order valence-electron chi connectivity index (χ1n) is 4.96. The Morgan fingerprint density at radius 3 is 2.06 bits per heavy atom. The SMILES string of the molecule is COC(OC)C(C)Nc1cc(F)c(F)cc1F. The van der Waals surface area contributed by atoms with Crippen LogP contribution in [0.4, 0.5) is 18.9 Å². The van der Waals surface area contributed by atoms with Gasteiger partial charge in [-0.25, -0.2) is 13.2 Å². The van der Waals surface area contributed by atoms with Crippen LogP contribution < -0.4 is 5.32 Å². The van der Waals surface area contributed by atoms with Crippen molar-refractivity contribution in [2.75, 3.05) is 19.5 Å². The van der Waals surface area contributed by atoms with Gasteiger partial charge in [0.15, 0.2) is 17.9 Å². The van der Waals surface area contributed by atoms with Gasteiger partial charge in [0.2, 0.25) is 0 Å². The summed E-state index contributed by atoms with van der Waals surface area (Å²) in [5.74, 6) is -3.22. The van der Waals surface area contributed by atoms with E-state index >= 15 is 0 Å². The largest absolute Gasteiger partial charge is 0.375 e. The molecule has 3 nitrogen and oxygen atoms in total. The number of methoxy groups -OCH3 is 2. The molecule has 96 valence electrons. The smallest absolute Gasteiger partial charge is 0.176 e. The standard InChI is InChI=1S/C11H14F3NO2/c1-6(11(16-2)17-3)15-10-5-8(13)7(12)4-9(10)14/h4-6,11,15H,1-3H3. The van der Waals surface area contributed by atoms with Gasteiger partial charge in [0, 0.05) is 26.4 Å². The van der Waals surface area contributed by atoms with Crippen molar-refractivity contribution in [2.24, 2.45) is 0 Å². The van der Waals surface area contributed by atoms with E-state index in [0.717, 1.165) is 6.07 Å². The number of benzene rings is 1. The van der Waals surface area contributed by atoms with E-state index in [-0.39, 0.29) is 5.69 Å². The van der Waals surface area contributed by atoms with E-state index in [1.807, 2.05) is 0 Å². The number of hydrogen-bond donors (Lipinski definition) is 1. The molecule has 0 aromatic heterocycles. The Bertz CT molecular complexity index is 383. The number of halogens is 3. The summed E-state index contributed by atoms with van der Waals surface area (Å²) >= 11 is 0. The van der Waals surface area contributed by atoms with E-state index in [1.54, 1.807) is 6.92 Å². The molecule has 6 heteroatoms. The van der Waals surface area contributed by atoms with Gasteiger partial charge in [-0.1, -0.05) is 0 Å². The molecule has 17 heavy (non-hydrogen) atoms. The highest BCUT2D eigenvalue weighted by molar-refractivity contribution is 5.46. The van der Waals surface area contributed by atoms with Crippen molar-refractivity contribution in [3.05, 3.63) is 29.6 Å². The van der Waals surface area contributed by atoms with Crippen molar-refractivity contribution in [2.45, 2.75) is 19.3 Å². The molecular formula is C11H14F3NO2. The average Bonchev–Trinajstić information content (AvgIpc) is 2.27. The van der Waals surface area contributed by atoms with Crippen LogP contribution in [0.25, 0.3) is 0 Å². The Hall–Kier alpha value is -1.27. The molecule has 1 atom stereocenters. The van der Waals surface area contributed by atoms with Gasteiger partial charge in [-0.15, -0.1) is 0 Å². The molecule has 1 rings (SSSR count). The van der Waals surface area contributed by atoms with E-state index in [4.69, 9.17) is 9.47 Å². The minimum absolute atomic E-state index is 0.143. The molecular weight excluding hydrogens is 235 g/mol. The molecule has 1 aromatic rings. The molecule has 1 aromatic carbocycles. The minimum Gasteiger partial charge on any atom is -0.375 e. The lowest BCUT2D eigenvalue weighted by Gasteiger charge is -2.23. The van der Waals surface area contributed by atoms with Crippen LogP contribution in [0.15, 0.2) is 12.1 Å². The van der Waals surface area contributed by atoms with Crippen LogP contribution in [-0.2, 0) is 9.47 Å². The first-order valence-corrected chi connectivity index (χ1v) is 4.96. The fourth-order valence-electron chi connectivity index (χ4n) is 1.45. The lowest BCUT2D eigenvalue weighted by atomic mass is 10.2. The van der Waals surface area contributed by atoms with Crippen molar-refractivity contribution in [1.82, 2.24) is 0 Å². The van der Waals surface area contributed by atoms with E-state index in [0.29, 0.717) is 6.07 Å². The summed E-state index contributed by atoms with van der Waals surface area (Å²) in [7, 11) is 2.85. The van der Waals surface area contributed by atoms with Crippen molar-refractivity contribution >= 4 is 5.69 Å². The molecule has 1 unspecified atom stereocenters. The summed E-state index contributed by atoms with van der Waals surface area (Å²) < 4.78 is 48.8. The molecule has 0 aliphatic heterocycles. The van der Waals surface area contributed by atoms with Gasteiger partial charge in [-0.3, -0.25) is 0 Å². The summed E-state index contributed by atoms with van der Waals surface area (Å²) in [5, 5.41) is 2.65. The van der Waals surface area contributed by atoms with Gasteiger partial charge >= 0.3 is 0 Å². The van der Waals surface area contributed by atoms with Crippen LogP contribution in [-0.4, -0.2) is 26.6 Å². The topological polar surface area (TPSA) is 30.5 Å². The first kappa shape index (κ1) is 13.8. The number of hydrogen-bond acceptors (Lipinski definition) is 3. The Labute approximate surface area is 97.5 Å². The summed E-state index contributed by atoms with van der Waals surface area (Å²) in [5.41, 5.74) is -0.143. The van der Waals surface area contributed by atoms with Gasteiger partial charge < -0.3 is 14.8 Å². The van der Waals surface area contributed by atoms with Crippen LogP contribution in [0.5, 0.6) is 0 Å². The molecule has 1 N–H and O–H groups in total. The number of anilines is 1. The number of nitrogens with one attached hydrogen (secondary N) is 1. The number of rotatable bonds is 5. The molecule has 0 bridgehead atoms. The van der Waals surface area contributed by atoms with E-state index in [9.17, 15) is 13.2 Å². The Morgan fingerprint density at radius 2 is 1.53 bits per heavy atom. The monoisotopic (exact) mass is 249 g/mol. The van der Waals surface area contributed by atoms with Crippen molar-refractivity contribution in [1.29, 1.82) is 0 Å². The zero-order valence-electron chi connectivity index (χ0n) is 9.76. The second kappa shape index (κ2) is 5.88. The van der Waals surface area contributed by atoms with E-state index in [1.165, 1.54) is 14.2 Å².